The number of pyridine rings is 1. The van der Waals surface area contributed by atoms with E-state index in [2.05, 4.69) is 41.0 Å². The van der Waals surface area contributed by atoms with E-state index in [1.807, 2.05) is 12.3 Å². The van der Waals surface area contributed by atoms with Crippen LogP contribution in [0.1, 0.15) is 32.3 Å². The highest BCUT2D eigenvalue weighted by Crippen LogP contribution is 2.15. The van der Waals surface area contributed by atoms with Crippen LogP contribution in [-0.2, 0) is 6.42 Å². The Bertz CT molecular complexity index is 469. The summed E-state index contributed by atoms with van der Waals surface area (Å²) in [6.07, 6.45) is 7.51. The molecule has 3 heteroatoms. The van der Waals surface area contributed by atoms with Crippen LogP contribution in [0.2, 0.25) is 0 Å². The maximum absolute atomic E-state index is 4.46. The van der Waals surface area contributed by atoms with E-state index in [-0.39, 0.29) is 0 Å². The molecule has 3 nitrogen and oxygen atoms in total. The van der Waals surface area contributed by atoms with E-state index in [0.29, 0.717) is 0 Å². The Morgan fingerprint density at radius 1 is 1.17 bits per heavy atom. The fourth-order valence-electron chi connectivity index (χ4n) is 2.45. The van der Waals surface area contributed by atoms with Crippen LogP contribution in [0.25, 0.3) is 11.0 Å². The summed E-state index contributed by atoms with van der Waals surface area (Å²) in [5, 5.41) is 0. The predicted octanol–water partition coefficient (Wildman–Crippen LogP) is 3.23. The van der Waals surface area contributed by atoms with Crippen LogP contribution in [0.15, 0.2) is 24.5 Å². The van der Waals surface area contributed by atoms with Crippen molar-refractivity contribution < 1.29 is 0 Å². The summed E-state index contributed by atoms with van der Waals surface area (Å²) < 4.78 is 0. The average Bonchev–Trinajstić information content (AvgIpc) is 2.80. The zero-order chi connectivity index (χ0) is 12.8. The summed E-state index contributed by atoms with van der Waals surface area (Å²) in [6.45, 7) is 8.02. The Morgan fingerprint density at radius 2 is 1.94 bits per heavy atom. The second-order valence-electron chi connectivity index (χ2n) is 4.81. The molecule has 0 bridgehead atoms. The normalized spacial score (nSPS) is 11.5. The highest BCUT2D eigenvalue weighted by atomic mass is 15.1. The van der Waals surface area contributed by atoms with E-state index in [1.165, 1.54) is 31.5 Å². The van der Waals surface area contributed by atoms with Gasteiger partial charge in [-0.1, -0.05) is 13.8 Å². The Hall–Kier alpha value is -1.35. The molecular weight excluding hydrogens is 222 g/mol. The van der Waals surface area contributed by atoms with Gasteiger partial charge in [0.25, 0.3) is 0 Å². The van der Waals surface area contributed by atoms with Gasteiger partial charge in [0.1, 0.15) is 0 Å². The van der Waals surface area contributed by atoms with Crippen molar-refractivity contribution in [3.63, 3.8) is 0 Å². The van der Waals surface area contributed by atoms with Crippen molar-refractivity contribution in [1.82, 2.24) is 14.9 Å². The van der Waals surface area contributed by atoms with Gasteiger partial charge in [-0.3, -0.25) is 4.98 Å². The number of aromatic nitrogens is 2. The molecule has 0 spiro atoms. The lowest BCUT2D eigenvalue weighted by Gasteiger charge is -2.20. The molecule has 0 atom stereocenters. The van der Waals surface area contributed by atoms with Crippen molar-refractivity contribution in [2.24, 2.45) is 0 Å². The van der Waals surface area contributed by atoms with Crippen LogP contribution in [0, 0.1) is 0 Å². The lowest BCUT2D eigenvalue weighted by molar-refractivity contribution is 0.278. The number of nitrogens with zero attached hydrogens (tertiary/aromatic N) is 2. The van der Waals surface area contributed by atoms with Crippen LogP contribution >= 0.6 is 0 Å². The van der Waals surface area contributed by atoms with E-state index >= 15 is 0 Å². The van der Waals surface area contributed by atoms with Gasteiger partial charge >= 0.3 is 0 Å². The fraction of sp³-hybridized carbons (Fsp3) is 0.533. The molecule has 2 rings (SSSR count). The third kappa shape index (κ3) is 3.10. The Morgan fingerprint density at radius 3 is 2.67 bits per heavy atom. The molecule has 0 radical (unpaired) electrons. The Balaban J connectivity index is 2.00. The lowest BCUT2D eigenvalue weighted by atomic mass is 10.2. The molecule has 0 saturated heterocycles. The number of hydrogen-bond acceptors (Lipinski definition) is 2. The van der Waals surface area contributed by atoms with Crippen LogP contribution in [0.3, 0.4) is 0 Å². The number of H-pyrrole nitrogens is 1. The van der Waals surface area contributed by atoms with Gasteiger partial charge in [-0.05, 0) is 50.0 Å². The van der Waals surface area contributed by atoms with Crippen LogP contribution in [-0.4, -0.2) is 34.5 Å². The summed E-state index contributed by atoms with van der Waals surface area (Å²) in [7, 11) is 0. The summed E-state index contributed by atoms with van der Waals surface area (Å²) in [4.78, 5) is 10.3. The second-order valence-corrected chi connectivity index (χ2v) is 4.81. The lowest BCUT2D eigenvalue weighted by Crippen LogP contribution is -2.27. The van der Waals surface area contributed by atoms with Crippen LogP contribution in [0.4, 0.5) is 0 Å². The number of nitrogens with one attached hydrogen (secondary N) is 1. The van der Waals surface area contributed by atoms with Gasteiger partial charge in [-0.15, -0.1) is 0 Å². The standard InChI is InChI=1S/C15H23N3/c1-3-9-18(10-4-2)11-7-13-12-17-14-6-5-8-16-15(13)14/h5-6,8,12,17H,3-4,7,9-11H2,1-2H3. The third-order valence-corrected chi connectivity index (χ3v) is 3.29. The molecule has 0 aliphatic carbocycles. The summed E-state index contributed by atoms with van der Waals surface area (Å²) in [6, 6.07) is 4.06. The molecule has 1 N–H and O–H groups in total. The van der Waals surface area contributed by atoms with E-state index in [1.54, 1.807) is 0 Å². The molecule has 0 fully saturated rings. The first kappa shape index (κ1) is 13.1. The first-order chi connectivity index (χ1) is 8.85. The number of rotatable bonds is 7. The van der Waals surface area contributed by atoms with Gasteiger partial charge in [-0.2, -0.15) is 0 Å². The molecule has 0 amide bonds. The number of aromatic amines is 1. The van der Waals surface area contributed by atoms with Gasteiger partial charge in [0.15, 0.2) is 0 Å². The summed E-state index contributed by atoms with van der Waals surface area (Å²) >= 11 is 0. The molecule has 0 aromatic carbocycles. The quantitative estimate of drug-likeness (QED) is 0.812. The van der Waals surface area contributed by atoms with Crippen molar-refractivity contribution >= 4 is 11.0 Å². The summed E-state index contributed by atoms with van der Waals surface area (Å²) in [5.74, 6) is 0. The van der Waals surface area contributed by atoms with Gasteiger partial charge in [-0.25, -0.2) is 0 Å². The molecule has 2 aromatic rings. The Labute approximate surface area is 109 Å². The summed E-state index contributed by atoms with van der Waals surface area (Å²) in [5.41, 5.74) is 3.61. The molecule has 0 aliphatic heterocycles. The molecule has 98 valence electrons. The molecule has 0 saturated carbocycles. The van der Waals surface area contributed by atoms with Gasteiger partial charge in [0, 0.05) is 18.9 Å². The topological polar surface area (TPSA) is 31.9 Å². The number of fused-ring (bicyclic) bond motifs is 1. The van der Waals surface area contributed by atoms with Gasteiger partial charge in [0.2, 0.25) is 0 Å². The predicted molar refractivity (Wildman–Crippen MR) is 76.8 cm³/mol. The zero-order valence-electron chi connectivity index (χ0n) is 11.4. The van der Waals surface area contributed by atoms with Crippen molar-refractivity contribution in [2.45, 2.75) is 33.1 Å². The van der Waals surface area contributed by atoms with E-state index in [4.69, 9.17) is 0 Å². The van der Waals surface area contributed by atoms with E-state index < -0.39 is 0 Å². The monoisotopic (exact) mass is 245 g/mol. The van der Waals surface area contributed by atoms with E-state index in [9.17, 15) is 0 Å². The van der Waals surface area contributed by atoms with Crippen LogP contribution in [0.5, 0.6) is 0 Å². The largest absolute Gasteiger partial charge is 0.360 e. The average molecular weight is 245 g/mol. The minimum Gasteiger partial charge on any atom is -0.360 e. The maximum atomic E-state index is 4.46. The molecule has 0 aliphatic rings. The minimum atomic E-state index is 1.08. The van der Waals surface area contributed by atoms with E-state index in [0.717, 1.165) is 24.0 Å². The van der Waals surface area contributed by atoms with Gasteiger partial charge in [0.05, 0.1) is 11.0 Å². The second kappa shape index (κ2) is 6.55. The molecule has 2 heterocycles. The van der Waals surface area contributed by atoms with Crippen molar-refractivity contribution in [3.05, 3.63) is 30.1 Å². The molecule has 18 heavy (non-hydrogen) atoms. The highest BCUT2D eigenvalue weighted by molar-refractivity contribution is 5.78. The minimum absolute atomic E-state index is 1.08. The van der Waals surface area contributed by atoms with Crippen LogP contribution < -0.4 is 0 Å². The third-order valence-electron chi connectivity index (χ3n) is 3.29. The smallest absolute Gasteiger partial charge is 0.0911 e. The van der Waals surface area contributed by atoms with Crippen molar-refractivity contribution in [2.75, 3.05) is 19.6 Å². The highest BCUT2D eigenvalue weighted by Gasteiger charge is 2.07. The van der Waals surface area contributed by atoms with Gasteiger partial charge < -0.3 is 9.88 Å². The zero-order valence-corrected chi connectivity index (χ0v) is 11.4. The van der Waals surface area contributed by atoms with Crippen molar-refractivity contribution in [1.29, 1.82) is 0 Å². The molecule has 2 aromatic heterocycles. The van der Waals surface area contributed by atoms with Crippen molar-refractivity contribution in [3.8, 4) is 0 Å². The molecular formula is C15H23N3. The fourth-order valence-corrected chi connectivity index (χ4v) is 2.45. The maximum Gasteiger partial charge on any atom is 0.0911 e. The first-order valence-corrected chi connectivity index (χ1v) is 6.98. The SMILES string of the molecule is CCCN(CCC)CCc1c[nH]c2cccnc12. The first-order valence-electron chi connectivity index (χ1n) is 6.98. The Kier molecular flexibility index (Phi) is 4.76. The molecule has 0 unspecified atom stereocenters. The number of hydrogen-bond donors (Lipinski definition) is 1.